The quantitative estimate of drug-likeness (QED) is 0.337. The highest BCUT2D eigenvalue weighted by Crippen LogP contribution is 2.30. The maximum atomic E-state index is 12.8. The monoisotopic (exact) mass is 527 g/mol. The molecule has 2 aromatic heterocycles. The summed E-state index contributed by atoms with van der Waals surface area (Å²) in [5.74, 6) is 0.857. The van der Waals surface area contributed by atoms with Crippen LogP contribution in [0.1, 0.15) is 24.5 Å². The van der Waals surface area contributed by atoms with Crippen molar-refractivity contribution in [2.45, 2.75) is 18.8 Å². The lowest BCUT2D eigenvalue weighted by Gasteiger charge is -2.33. The zero-order chi connectivity index (χ0) is 24.5. The Bertz CT molecular complexity index is 1440. The summed E-state index contributed by atoms with van der Waals surface area (Å²) in [4.78, 5) is 19.7. The van der Waals surface area contributed by atoms with Crippen molar-refractivity contribution in [1.29, 1.82) is 0 Å². The first-order valence-electron chi connectivity index (χ1n) is 11.2. The Labute approximate surface area is 217 Å². The van der Waals surface area contributed by atoms with E-state index in [0.717, 1.165) is 48.6 Å². The highest BCUT2D eigenvalue weighted by Gasteiger charge is 2.24. The molecule has 4 aromatic rings. The molecule has 0 radical (unpaired) electrons. The van der Waals surface area contributed by atoms with Gasteiger partial charge in [-0.1, -0.05) is 35.3 Å². The van der Waals surface area contributed by atoms with Crippen LogP contribution in [-0.2, 0) is 0 Å². The number of thiocarbonyl (C=S) groups is 1. The van der Waals surface area contributed by atoms with Crippen molar-refractivity contribution in [3.05, 3.63) is 80.7 Å². The van der Waals surface area contributed by atoms with Crippen LogP contribution in [0, 0.1) is 0 Å². The summed E-state index contributed by atoms with van der Waals surface area (Å²) in [5, 5.41) is 8.26. The number of nitrogens with one attached hydrogen (secondary N) is 2. The molecule has 0 bridgehead atoms. The van der Waals surface area contributed by atoms with E-state index < -0.39 is 0 Å². The smallest absolute Gasteiger partial charge is 0.272 e. The molecule has 1 saturated heterocycles. The molecule has 2 N–H and O–H groups in total. The van der Waals surface area contributed by atoms with E-state index >= 15 is 0 Å². The Kier molecular flexibility index (Phi) is 6.69. The molecule has 5 rings (SSSR count). The van der Waals surface area contributed by atoms with E-state index in [-0.39, 0.29) is 11.5 Å². The topological polar surface area (TPSA) is 74.7 Å². The lowest BCUT2D eigenvalue weighted by molar-refractivity contribution is 0.313. The van der Waals surface area contributed by atoms with Crippen molar-refractivity contribution in [3.63, 3.8) is 0 Å². The van der Waals surface area contributed by atoms with E-state index in [9.17, 15) is 4.79 Å². The molecule has 0 atom stereocenters. The number of nitrogens with zero attached hydrogens (tertiary/aromatic N) is 3. The van der Waals surface area contributed by atoms with E-state index in [1.54, 1.807) is 31.4 Å². The maximum Gasteiger partial charge on any atom is 0.272 e. The van der Waals surface area contributed by atoms with E-state index in [4.69, 9.17) is 45.1 Å². The fourth-order valence-electron chi connectivity index (χ4n) is 4.35. The predicted octanol–water partition coefficient (Wildman–Crippen LogP) is 5.58. The van der Waals surface area contributed by atoms with Gasteiger partial charge in [0, 0.05) is 41.2 Å². The standard InChI is InChI=1S/C25H23Cl2N5O2S/c1-34-22-7-6-18(27)12-21(22)29-25(35)31-10-8-16(9-11-31)19-14-24(33)32-23(28-19)13-20(30-32)15-2-4-17(26)5-3-15/h2-7,12-14,16,30H,8-11H2,1H3,(H,29,35). The second-order valence-electron chi connectivity index (χ2n) is 8.43. The molecule has 180 valence electrons. The minimum atomic E-state index is -0.127. The summed E-state index contributed by atoms with van der Waals surface area (Å²) in [5.41, 5.74) is 3.77. The Morgan fingerprint density at radius 2 is 1.80 bits per heavy atom. The SMILES string of the molecule is COc1ccc(Cl)cc1NC(=S)N1CCC(c2cc(=O)n3[nH]c(-c4ccc(Cl)cc4)cc3n2)CC1. The number of hydrogen-bond donors (Lipinski definition) is 2. The average Bonchev–Trinajstić information content (AvgIpc) is 3.30. The number of aromatic nitrogens is 3. The largest absolute Gasteiger partial charge is 0.495 e. The van der Waals surface area contributed by atoms with Crippen molar-refractivity contribution >= 4 is 51.9 Å². The number of H-pyrrole nitrogens is 1. The Balaban J connectivity index is 1.29. The molecule has 0 amide bonds. The lowest BCUT2D eigenvalue weighted by atomic mass is 9.93. The molecule has 0 unspecified atom stereocenters. The molecule has 7 nitrogen and oxygen atoms in total. The number of methoxy groups -OCH3 is 1. The van der Waals surface area contributed by atoms with Gasteiger partial charge in [-0.05, 0) is 61.0 Å². The van der Waals surface area contributed by atoms with Crippen molar-refractivity contribution < 1.29 is 4.74 Å². The van der Waals surface area contributed by atoms with Crippen molar-refractivity contribution in [2.24, 2.45) is 0 Å². The summed E-state index contributed by atoms with van der Waals surface area (Å²) in [7, 11) is 1.61. The first-order chi connectivity index (χ1) is 16.9. The fourth-order valence-corrected chi connectivity index (χ4v) is 4.94. The molecule has 1 aliphatic rings. The second kappa shape index (κ2) is 9.89. The van der Waals surface area contributed by atoms with Crippen LogP contribution in [0.25, 0.3) is 16.9 Å². The van der Waals surface area contributed by atoms with Gasteiger partial charge in [0.25, 0.3) is 5.56 Å². The third kappa shape index (κ3) is 5.00. The average molecular weight is 528 g/mol. The van der Waals surface area contributed by atoms with E-state index in [1.165, 1.54) is 4.52 Å². The maximum absolute atomic E-state index is 12.8. The van der Waals surface area contributed by atoms with Crippen molar-refractivity contribution in [1.82, 2.24) is 19.5 Å². The highest BCUT2D eigenvalue weighted by molar-refractivity contribution is 7.80. The third-order valence-electron chi connectivity index (χ3n) is 6.23. The number of likely N-dealkylation sites (tertiary alicyclic amines) is 1. The van der Waals surface area contributed by atoms with Gasteiger partial charge in [0.05, 0.1) is 24.2 Å². The number of halogens is 2. The summed E-state index contributed by atoms with van der Waals surface area (Å²) >= 11 is 17.8. The number of piperidine rings is 1. The van der Waals surface area contributed by atoms with Gasteiger partial charge in [-0.25, -0.2) is 9.50 Å². The van der Waals surface area contributed by atoms with Gasteiger partial charge in [0.15, 0.2) is 10.8 Å². The van der Waals surface area contributed by atoms with Crippen molar-refractivity contribution in [3.8, 4) is 17.0 Å². The molecule has 0 aliphatic carbocycles. The third-order valence-corrected chi connectivity index (χ3v) is 7.08. The van der Waals surface area contributed by atoms with E-state index in [1.807, 2.05) is 30.3 Å². The van der Waals surface area contributed by atoms with Crippen LogP contribution in [0.5, 0.6) is 5.75 Å². The molecule has 3 heterocycles. The first-order valence-corrected chi connectivity index (χ1v) is 12.4. The van der Waals surface area contributed by atoms with Crippen LogP contribution in [0.15, 0.2) is 59.4 Å². The number of benzene rings is 2. The van der Waals surface area contributed by atoms with Crippen LogP contribution >= 0.6 is 35.4 Å². The molecular formula is C25H23Cl2N5O2S. The number of ether oxygens (including phenoxy) is 1. The Hall–Kier alpha value is -3.07. The zero-order valence-electron chi connectivity index (χ0n) is 18.9. The highest BCUT2D eigenvalue weighted by atomic mass is 35.5. The van der Waals surface area contributed by atoms with Gasteiger partial charge in [0.1, 0.15) is 5.75 Å². The summed E-state index contributed by atoms with van der Waals surface area (Å²) in [6, 6.07) is 16.3. The molecular weight excluding hydrogens is 505 g/mol. The minimum absolute atomic E-state index is 0.127. The first kappa shape index (κ1) is 23.7. The van der Waals surface area contributed by atoms with E-state index in [0.29, 0.717) is 26.6 Å². The van der Waals surface area contributed by atoms with Crippen LogP contribution in [0.2, 0.25) is 10.0 Å². The van der Waals surface area contributed by atoms with Gasteiger partial charge in [0.2, 0.25) is 0 Å². The summed E-state index contributed by atoms with van der Waals surface area (Å²) in [6.07, 6.45) is 1.68. The molecule has 2 aromatic carbocycles. The van der Waals surface area contributed by atoms with Crippen LogP contribution < -0.4 is 15.6 Å². The normalized spacial score (nSPS) is 14.3. The van der Waals surface area contributed by atoms with Gasteiger partial charge in [-0.3, -0.25) is 9.89 Å². The predicted molar refractivity (Wildman–Crippen MR) is 144 cm³/mol. The fraction of sp³-hybridized carbons (Fsp3) is 0.240. The minimum Gasteiger partial charge on any atom is -0.495 e. The molecule has 1 aliphatic heterocycles. The molecule has 0 saturated carbocycles. The number of anilines is 1. The lowest BCUT2D eigenvalue weighted by Crippen LogP contribution is -2.40. The summed E-state index contributed by atoms with van der Waals surface area (Å²) < 4.78 is 6.87. The number of fused-ring (bicyclic) bond motifs is 1. The number of aromatic amines is 1. The molecule has 1 fully saturated rings. The number of hydrogen-bond acceptors (Lipinski definition) is 4. The molecule has 10 heteroatoms. The van der Waals surface area contributed by atoms with Crippen LogP contribution in [0.3, 0.4) is 0 Å². The Morgan fingerprint density at radius 3 is 2.51 bits per heavy atom. The van der Waals surface area contributed by atoms with Crippen LogP contribution in [-0.4, -0.2) is 44.8 Å². The Morgan fingerprint density at radius 1 is 1.09 bits per heavy atom. The molecule has 35 heavy (non-hydrogen) atoms. The second-order valence-corrected chi connectivity index (χ2v) is 9.69. The molecule has 0 spiro atoms. The van der Waals surface area contributed by atoms with Crippen LogP contribution in [0.4, 0.5) is 5.69 Å². The zero-order valence-corrected chi connectivity index (χ0v) is 21.3. The van der Waals surface area contributed by atoms with Gasteiger partial charge in [-0.2, -0.15) is 0 Å². The van der Waals surface area contributed by atoms with Gasteiger partial charge < -0.3 is 15.0 Å². The van der Waals surface area contributed by atoms with Gasteiger partial charge >= 0.3 is 0 Å². The summed E-state index contributed by atoms with van der Waals surface area (Å²) in [6.45, 7) is 1.51. The number of rotatable bonds is 4. The van der Waals surface area contributed by atoms with E-state index in [2.05, 4.69) is 15.3 Å². The van der Waals surface area contributed by atoms with Crippen molar-refractivity contribution in [2.75, 3.05) is 25.5 Å². The van der Waals surface area contributed by atoms with Gasteiger partial charge in [-0.15, -0.1) is 0 Å².